The van der Waals surface area contributed by atoms with Gasteiger partial charge in [-0.2, -0.15) is 0 Å². The number of amides is 1. The lowest BCUT2D eigenvalue weighted by Crippen LogP contribution is -2.33. The maximum Gasteiger partial charge on any atom is 0.243 e. The summed E-state index contributed by atoms with van der Waals surface area (Å²) in [5, 5.41) is 6.92. The predicted molar refractivity (Wildman–Crippen MR) is 88.1 cm³/mol. The highest BCUT2D eigenvalue weighted by Gasteiger charge is 2.21. The molecule has 2 N–H and O–H groups in total. The van der Waals surface area contributed by atoms with Gasteiger partial charge >= 0.3 is 0 Å². The van der Waals surface area contributed by atoms with Gasteiger partial charge < -0.3 is 19.4 Å². The number of rotatable bonds is 8. The number of nitrogens with zero attached hydrogens (tertiary/aromatic N) is 3. The topological polar surface area (TPSA) is 88.7 Å². The van der Waals surface area contributed by atoms with E-state index in [1.807, 2.05) is 35.2 Å². The van der Waals surface area contributed by atoms with Gasteiger partial charge in [0.15, 0.2) is 5.76 Å². The Morgan fingerprint density at radius 3 is 2.96 bits per heavy atom. The van der Waals surface area contributed by atoms with E-state index in [9.17, 15) is 4.79 Å². The van der Waals surface area contributed by atoms with Gasteiger partial charge in [-0.15, -0.1) is 0 Å². The molecule has 1 atom stereocenters. The van der Waals surface area contributed by atoms with Gasteiger partial charge in [0.05, 0.1) is 18.6 Å². The van der Waals surface area contributed by atoms with Gasteiger partial charge in [-0.05, 0) is 18.6 Å². The molecule has 0 aromatic carbocycles. The van der Waals surface area contributed by atoms with E-state index in [4.69, 9.17) is 4.52 Å². The van der Waals surface area contributed by atoms with E-state index < -0.39 is 0 Å². The van der Waals surface area contributed by atoms with Crippen LogP contribution >= 0.6 is 0 Å². The number of imidazole rings is 1. The van der Waals surface area contributed by atoms with Crippen molar-refractivity contribution in [3.8, 4) is 0 Å². The van der Waals surface area contributed by atoms with Crippen LogP contribution in [-0.2, 0) is 24.2 Å². The Bertz CT molecular complexity index is 746. The largest absolute Gasteiger partial charge is 0.359 e. The third-order valence-electron chi connectivity index (χ3n) is 3.81. The molecule has 0 aliphatic heterocycles. The summed E-state index contributed by atoms with van der Waals surface area (Å²) in [6.07, 6.45) is 9.54. The Morgan fingerprint density at radius 2 is 2.25 bits per heavy atom. The van der Waals surface area contributed by atoms with Crippen molar-refractivity contribution in [2.75, 3.05) is 0 Å². The van der Waals surface area contributed by atoms with E-state index in [0.29, 0.717) is 18.7 Å². The van der Waals surface area contributed by atoms with E-state index in [-0.39, 0.29) is 11.9 Å². The molecule has 0 aliphatic carbocycles. The zero-order valence-corrected chi connectivity index (χ0v) is 13.6. The Morgan fingerprint density at radius 1 is 1.42 bits per heavy atom. The standard InChI is InChI=1S/C17H21N5O2/c1-2-5-13-8-15(24-21-13)11-19-17(23)16(22-6-3-4-7-22)9-14-10-18-12-20-14/h3-4,6-8,10,12,16H,2,5,9,11H2,1H3,(H,18,20)(H,19,23)/t16-/m0/s1. The number of nitrogens with one attached hydrogen (secondary N) is 2. The van der Waals surface area contributed by atoms with Gasteiger partial charge in [-0.1, -0.05) is 18.5 Å². The molecule has 1 amide bonds. The first kappa shape index (κ1) is 16.0. The average molecular weight is 327 g/mol. The summed E-state index contributed by atoms with van der Waals surface area (Å²) in [6.45, 7) is 2.42. The number of aromatic amines is 1. The van der Waals surface area contributed by atoms with E-state index in [1.165, 1.54) is 0 Å². The number of H-pyrrole nitrogens is 1. The van der Waals surface area contributed by atoms with Crippen molar-refractivity contribution in [3.05, 3.63) is 60.3 Å². The van der Waals surface area contributed by atoms with Crippen molar-refractivity contribution >= 4 is 5.91 Å². The van der Waals surface area contributed by atoms with Crippen LogP contribution in [0.3, 0.4) is 0 Å². The molecule has 0 radical (unpaired) electrons. The van der Waals surface area contributed by atoms with E-state index in [2.05, 4.69) is 27.4 Å². The molecule has 0 aliphatic rings. The SMILES string of the molecule is CCCc1cc(CNC(=O)[C@H](Cc2cnc[nH]2)n2cccc2)on1. The minimum atomic E-state index is -0.349. The zero-order chi connectivity index (χ0) is 16.8. The molecule has 7 nitrogen and oxygen atoms in total. The average Bonchev–Trinajstić information content (AvgIpc) is 3.32. The van der Waals surface area contributed by atoms with Crippen LogP contribution in [0.25, 0.3) is 0 Å². The van der Waals surface area contributed by atoms with Crippen molar-refractivity contribution in [2.45, 2.75) is 38.8 Å². The molecular formula is C17H21N5O2. The van der Waals surface area contributed by atoms with Gasteiger partial charge in [-0.25, -0.2) is 4.98 Å². The van der Waals surface area contributed by atoms with Gasteiger partial charge in [-0.3, -0.25) is 4.79 Å². The normalized spacial score (nSPS) is 12.2. The molecule has 3 rings (SSSR count). The minimum absolute atomic E-state index is 0.0748. The monoisotopic (exact) mass is 327 g/mol. The summed E-state index contributed by atoms with van der Waals surface area (Å²) >= 11 is 0. The van der Waals surface area contributed by atoms with Gasteiger partial charge in [0.2, 0.25) is 5.91 Å². The summed E-state index contributed by atoms with van der Waals surface area (Å²) in [4.78, 5) is 19.7. The molecule has 126 valence electrons. The molecule has 24 heavy (non-hydrogen) atoms. The second-order valence-corrected chi connectivity index (χ2v) is 5.68. The van der Waals surface area contributed by atoms with Crippen LogP contribution in [0.15, 0.2) is 47.6 Å². The fourth-order valence-corrected chi connectivity index (χ4v) is 2.60. The molecular weight excluding hydrogens is 306 g/mol. The number of aromatic nitrogens is 4. The second-order valence-electron chi connectivity index (χ2n) is 5.68. The van der Waals surface area contributed by atoms with Crippen LogP contribution in [0.4, 0.5) is 0 Å². The van der Waals surface area contributed by atoms with E-state index >= 15 is 0 Å². The molecule has 7 heteroatoms. The van der Waals surface area contributed by atoms with Crippen LogP contribution in [0.2, 0.25) is 0 Å². The van der Waals surface area contributed by atoms with Crippen LogP contribution in [0, 0.1) is 0 Å². The fraction of sp³-hybridized carbons (Fsp3) is 0.353. The molecule has 3 aromatic rings. The van der Waals surface area contributed by atoms with Gasteiger partial charge in [0, 0.05) is 36.8 Å². The molecule has 3 aromatic heterocycles. The molecule has 0 fully saturated rings. The van der Waals surface area contributed by atoms with Crippen LogP contribution in [0.5, 0.6) is 0 Å². The van der Waals surface area contributed by atoms with Gasteiger partial charge in [0.25, 0.3) is 0 Å². The lowest BCUT2D eigenvalue weighted by Gasteiger charge is -2.17. The molecule has 0 bridgehead atoms. The summed E-state index contributed by atoms with van der Waals surface area (Å²) in [6, 6.07) is 5.35. The van der Waals surface area contributed by atoms with Crippen LogP contribution < -0.4 is 5.32 Å². The summed E-state index contributed by atoms with van der Waals surface area (Å²) in [5.41, 5.74) is 1.83. The fourth-order valence-electron chi connectivity index (χ4n) is 2.60. The van der Waals surface area contributed by atoms with Crippen LogP contribution in [0.1, 0.15) is 36.5 Å². The third-order valence-corrected chi connectivity index (χ3v) is 3.81. The first-order valence-electron chi connectivity index (χ1n) is 8.08. The van der Waals surface area contributed by atoms with Gasteiger partial charge in [0.1, 0.15) is 6.04 Å². The number of carbonyl (C=O) groups excluding carboxylic acids is 1. The Kier molecular flexibility index (Phi) is 5.10. The summed E-state index contributed by atoms with van der Waals surface area (Å²) in [5.74, 6) is 0.592. The Labute approximate surface area is 140 Å². The Hall–Kier alpha value is -2.83. The predicted octanol–water partition coefficient (Wildman–Crippen LogP) is 2.25. The van der Waals surface area contributed by atoms with Crippen molar-refractivity contribution < 1.29 is 9.32 Å². The van der Waals surface area contributed by atoms with Crippen molar-refractivity contribution in [2.24, 2.45) is 0 Å². The van der Waals surface area contributed by atoms with Crippen molar-refractivity contribution in [1.82, 2.24) is 25.0 Å². The summed E-state index contributed by atoms with van der Waals surface area (Å²) < 4.78 is 7.14. The lowest BCUT2D eigenvalue weighted by atomic mass is 10.1. The quantitative estimate of drug-likeness (QED) is 0.664. The third kappa shape index (κ3) is 3.92. The molecule has 0 saturated carbocycles. The first-order chi connectivity index (χ1) is 11.8. The zero-order valence-electron chi connectivity index (χ0n) is 13.6. The molecule has 0 unspecified atom stereocenters. The number of carbonyl (C=O) groups is 1. The highest BCUT2D eigenvalue weighted by Crippen LogP contribution is 2.14. The van der Waals surface area contributed by atoms with E-state index in [1.54, 1.807) is 12.5 Å². The lowest BCUT2D eigenvalue weighted by molar-refractivity contribution is -0.124. The number of hydrogen-bond donors (Lipinski definition) is 2. The highest BCUT2D eigenvalue weighted by molar-refractivity contribution is 5.80. The summed E-state index contributed by atoms with van der Waals surface area (Å²) in [7, 11) is 0. The number of aryl methyl sites for hydroxylation is 1. The molecule has 0 spiro atoms. The van der Waals surface area contributed by atoms with Crippen LogP contribution in [-0.4, -0.2) is 25.6 Å². The first-order valence-corrected chi connectivity index (χ1v) is 8.08. The maximum absolute atomic E-state index is 12.6. The second kappa shape index (κ2) is 7.63. The Balaban J connectivity index is 1.64. The smallest absolute Gasteiger partial charge is 0.243 e. The molecule has 0 saturated heterocycles. The number of hydrogen-bond acceptors (Lipinski definition) is 4. The van der Waals surface area contributed by atoms with E-state index in [0.717, 1.165) is 24.2 Å². The maximum atomic E-state index is 12.6. The van der Waals surface area contributed by atoms with Crippen molar-refractivity contribution in [3.63, 3.8) is 0 Å². The van der Waals surface area contributed by atoms with Crippen molar-refractivity contribution in [1.29, 1.82) is 0 Å². The molecule has 3 heterocycles. The minimum Gasteiger partial charge on any atom is -0.359 e. The highest BCUT2D eigenvalue weighted by atomic mass is 16.5.